The Morgan fingerprint density at radius 1 is 0.493 bits per heavy atom. The maximum Gasteiger partial charge on any atom is 0.306 e. The number of amides is 1. The van der Waals surface area contributed by atoms with E-state index in [0.29, 0.717) is 23.9 Å². The number of carbonyl (C=O) groups excluding carboxylic acids is 2. The summed E-state index contributed by atoms with van der Waals surface area (Å²) in [4.78, 5) is 39.8. The number of carbonyl (C=O) groups is 2. The zero-order valence-electron chi connectivity index (χ0n) is 46.3. The van der Waals surface area contributed by atoms with E-state index < -0.39 is 26.6 Å². The van der Waals surface area contributed by atoms with Crippen LogP contribution in [0.25, 0.3) is 0 Å². The number of hydrogen-bond donors (Lipinski definition) is 1. The van der Waals surface area contributed by atoms with E-state index in [2.05, 4.69) is 50.4 Å². The Morgan fingerprint density at radius 3 is 1.25 bits per heavy atom. The highest BCUT2D eigenvalue weighted by molar-refractivity contribution is 7.45. The van der Waals surface area contributed by atoms with E-state index in [1.54, 1.807) is 0 Å². The van der Waals surface area contributed by atoms with Gasteiger partial charge in [-0.1, -0.05) is 218 Å². The second-order valence-electron chi connectivity index (χ2n) is 21.1. The molecule has 0 spiro atoms. The maximum atomic E-state index is 13.5. The number of quaternary nitrogens is 1. The molecule has 0 aliphatic heterocycles. The third kappa shape index (κ3) is 51.0. The average molecular weight is 994 g/mol. The predicted molar refractivity (Wildman–Crippen MR) is 293 cm³/mol. The monoisotopic (exact) mass is 993 g/mol. The molecular weight excluding hydrogens is 880 g/mol. The number of ether oxygens (including phenoxy) is 1. The van der Waals surface area contributed by atoms with Gasteiger partial charge in [0.25, 0.3) is 7.82 Å². The highest BCUT2D eigenvalue weighted by Gasteiger charge is 2.27. The average Bonchev–Trinajstić information content (AvgIpc) is 3.31. The fourth-order valence-electron chi connectivity index (χ4n) is 8.45. The van der Waals surface area contributed by atoms with Gasteiger partial charge in [-0.05, 0) is 83.1 Å². The molecule has 9 nitrogen and oxygen atoms in total. The van der Waals surface area contributed by atoms with Crippen LogP contribution in [0.1, 0.15) is 278 Å². The molecule has 0 fully saturated rings. The predicted octanol–water partition coefficient (Wildman–Crippen LogP) is 16.9. The van der Waals surface area contributed by atoms with Crippen LogP contribution in [0, 0.1) is 0 Å². The molecular formula is C59H113N2O7P. The summed E-state index contributed by atoms with van der Waals surface area (Å²) in [6.07, 6.45) is 58.2. The summed E-state index contributed by atoms with van der Waals surface area (Å²) >= 11 is 0. The van der Waals surface area contributed by atoms with Crippen molar-refractivity contribution in [1.29, 1.82) is 0 Å². The highest BCUT2D eigenvalue weighted by Crippen LogP contribution is 2.38. The Bertz CT molecular complexity index is 1280. The minimum atomic E-state index is -4.69. The van der Waals surface area contributed by atoms with Gasteiger partial charge in [-0.25, -0.2) is 0 Å². The number of esters is 1. The van der Waals surface area contributed by atoms with Crippen LogP contribution in [-0.2, 0) is 27.9 Å². The lowest BCUT2D eigenvalue weighted by Crippen LogP contribution is -2.47. The fraction of sp³-hybridized carbons (Fsp3) is 0.864. The van der Waals surface area contributed by atoms with Crippen molar-refractivity contribution in [3.8, 4) is 0 Å². The highest BCUT2D eigenvalue weighted by atomic mass is 31.2. The minimum absolute atomic E-state index is 0.0240. The largest absolute Gasteiger partial charge is 0.756 e. The van der Waals surface area contributed by atoms with Gasteiger partial charge in [-0.15, -0.1) is 0 Å². The number of nitrogens with one attached hydrogen (secondary N) is 1. The molecule has 3 unspecified atom stereocenters. The van der Waals surface area contributed by atoms with E-state index >= 15 is 0 Å². The fourth-order valence-corrected chi connectivity index (χ4v) is 9.18. The van der Waals surface area contributed by atoms with Crippen molar-refractivity contribution in [2.45, 2.75) is 290 Å². The first kappa shape index (κ1) is 67.2. The normalized spacial score (nSPS) is 14.0. The molecule has 0 saturated heterocycles. The maximum absolute atomic E-state index is 13.5. The first-order chi connectivity index (χ1) is 33.4. The van der Waals surface area contributed by atoms with Gasteiger partial charge < -0.3 is 28.5 Å². The molecule has 3 atom stereocenters. The van der Waals surface area contributed by atoms with Gasteiger partial charge in [-0.3, -0.25) is 14.2 Å². The standard InChI is InChI=1S/C59H113N2O7P/c1-7-10-13-16-19-22-25-28-30-31-32-33-36-39-42-45-48-51-58(62)60-56(55-67-69(64,65)66-54-53-61(4,5)6)57(50-47-44-41-38-35-27-24-21-18-15-12-9-3)68-59(63)52-49-46-43-40-37-34-29-26-23-20-17-14-11-8-2/h28,30,34,37,47,50,56-57H,7-27,29,31-33,35-36,38-46,48-49,51-55H2,1-6H3,(H-,60,62,64,65)/b30-28+,37-34-,50-47+. The number of rotatable bonds is 53. The minimum Gasteiger partial charge on any atom is -0.756 e. The first-order valence-corrected chi connectivity index (χ1v) is 30.8. The Kier molecular flexibility index (Phi) is 48.5. The molecule has 0 heterocycles. The lowest BCUT2D eigenvalue weighted by atomic mass is 10.0. The molecule has 0 bridgehead atoms. The lowest BCUT2D eigenvalue weighted by molar-refractivity contribution is -0.870. The molecule has 0 aromatic carbocycles. The molecule has 10 heteroatoms. The summed E-state index contributed by atoms with van der Waals surface area (Å²) in [5.41, 5.74) is 0. The molecule has 0 radical (unpaired) electrons. The summed E-state index contributed by atoms with van der Waals surface area (Å²) in [7, 11) is 1.18. The quantitative estimate of drug-likeness (QED) is 0.0212. The van der Waals surface area contributed by atoms with Crippen LogP contribution in [-0.4, -0.2) is 69.4 Å². The van der Waals surface area contributed by atoms with Crippen molar-refractivity contribution in [2.75, 3.05) is 40.9 Å². The van der Waals surface area contributed by atoms with Gasteiger partial charge in [0.05, 0.1) is 33.8 Å². The molecule has 1 N–H and O–H groups in total. The summed E-state index contributed by atoms with van der Waals surface area (Å²) in [5.74, 6) is -0.557. The lowest BCUT2D eigenvalue weighted by Gasteiger charge is -2.30. The molecule has 0 rings (SSSR count). The van der Waals surface area contributed by atoms with Crippen LogP contribution >= 0.6 is 7.82 Å². The van der Waals surface area contributed by atoms with Crippen molar-refractivity contribution in [3.63, 3.8) is 0 Å². The van der Waals surface area contributed by atoms with E-state index in [4.69, 9.17) is 13.8 Å². The summed E-state index contributed by atoms with van der Waals surface area (Å²) in [5, 5.41) is 3.02. The molecule has 0 aliphatic carbocycles. The molecule has 69 heavy (non-hydrogen) atoms. The van der Waals surface area contributed by atoms with Gasteiger partial charge in [0.1, 0.15) is 19.3 Å². The Balaban J connectivity index is 5.34. The zero-order chi connectivity index (χ0) is 50.8. The second kappa shape index (κ2) is 49.8. The van der Waals surface area contributed by atoms with Crippen LogP contribution < -0.4 is 10.2 Å². The zero-order valence-corrected chi connectivity index (χ0v) is 47.2. The van der Waals surface area contributed by atoms with Gasteiger partial charge in [0.2, 0.25) is 5.91 Å². The number of hydrogen-bond acceptors (Lipinski definition) is 7. The van der Waals surface area contributed by atoms with Crippen LogP contribution in [0.2, 0.25) is 0 Å². The molecule has 0 aromatic rings. The van der Waals surface area contributed by atoms with E-state index in [0.717, 1.165) is 77.0 Å². The van der Waals surface area contributed by atoms with Gasteiger partial charge >= 0.3 is 5.97 Å². The number of likely N-dealkylation sites (N-methyl/N-ethyl adjacent to an activating group) is 1. The molecule has 406 valence electrons. The Labute approximate surface area is 427 Å². The molecule has 0 saturated carbocycles. The van der Waals surface area contributed by atoms with Gasteiger partial charge in [0, 0.05) is 12.8 Å². The van der Waals surface area contributed by atoms with Gasteiger partial charge in [-0.2, -0.15) is 0 Å². The van der Waals surface area contributed by atoms with Crippen LogP contribution in [0.3, 0.4) is 0 Å². The van der Waals surface area contributed by atoms with E-state index in [1.165, 1.54) is 161 Å². The summed E-state index contributed by atoms with van der Waals surface area (Å²) < 4.78 is 30.2. The SMILES string of the molecule is CCCCCCCC/C=C/CCCCCCCCCC(=O)NC(COP(=O)([O-])OCC[N+](C)(C)C)C(/C=C/CCCCCCCCCCCC)OC(=O)CCCCC/C=C\CCCCCCCCC. The third-order valence-electron chi connectivity index (χ3n) is 13.0. The Hall–Kier alpha value is -1.77. The van der Waals surface area contributed by atoms with E-state index in [9.17, 15) is 19.0 Å². The topological polar surface area (TPSA) is 114 Å². The number of phosphoric ester groups is 1. The van der Waals surface area contributed by atoms with Crippen molar-refractivity contribution in [1.82, 2.24) is 5.32 Å². The van der Waals surface area contributed by atoms with E-state index in [1.807, 2.05) is 33.3 Å². The van der Waals surface area contributed by atoms with Gasteiger partial charge in [0.15, 0.2) is 0 Å². The van der Waals surface area contributed by atoms with E-state index in [-0.39, 0.29) is 24.9 Å². The first-order valence-electron chi connectivity index (χ1n) is 29.3. The van der Waals surface area contributed by atoms with Crippen molar-refractivity contribution < 1.29 is 37.3 Å². The molecule has 1 amide bonds. The van der Waals surface area contributed by atoms with Crippen LogP contribution in [0.4, 0.5) is 0 Å². The number of unbranched alkanes of at least 4 members (excludes halogenated alkanes) is 33. The smallest absolute Gasteiger partial charge is 0.306 e. The summed E-state index contributed by atoms with van der Waals surface area (Å²) in [6, 6.07) is -0.893. The number of allylic oxidation sites excluding steroid dienone is 5. The molecule has 0 aliphatic rings. The summed E-state index contributed by atoms with van der Waals surface area (Å²) in [6.45, 7) is 6.83. The third-order valence-corrected chi connectivity index (χ3v) is 14.0. The molecule has 0 aromatic heterocycles. The Morgan fingerprint density at radius 2 is 0.841 bits per heavy atom. The number of nitrogens with zero attached hydrogens (tertiary/aromatic N) is 1. The van der Waals surface area contributed by atoms with Crippen LogP contribution in [0.15, 0.2) is 36.5 Å². The second-order valence-corrected chi connectivity index (χ2v) is 22.6. The van der Waals surface area contributed by atoms with Crippen molar-refractivity contribution in [2.24, 2.45) is 0 Å². The van der Waals surface area contributed by atoms with Crippen molar-refractivity contribution in [3.05, 3.63) is 36.5 Å². The van der Waals surface area contributed by atoms with Crippen LogP contribution in [0.5, 0.6) is 0 Å². The van der Waals surface area contributed by atoms with Crippen molar-refractivity contribution >= 4 is 19.7 Å². The number of phosphoric acid groups is 1.